The average Bonchev–Trinajstić information content (AvgIpc) is 3.59. The second-order valence-electron chi connectivity index (χ2n) is 17.4. The van der Waals surface area contributed by atoms with Gasteiger partial charge in [-0.05, 0) is 63.8 Å². The predicted octanol–water partition coefficient (Wildman–Crippen LogP) is 3.70. The predicted molar refractivity (Wildman–Crippen MR) is 219 cm³/mol. The van der Waals surface area contributed by atoms with Crippen LogP contribution in [0.2, 0.25) is 0 Å². The maximum atomic E-state index is 13.3. The van der Waals surface area contributed by atoms with Gasteiger partial charge in [-0.25, -0.2) is 0 Å². The van der Waals surface area contributed by atoms with Crippen molar-refractivity contribution in [2.75, 3.05) is 26.3 Å². The monoisotopic (exact) mass is 906 g/mol. The van der Waals surface area contributed by atoms with Gasteiger partial charge in [-0.1, -0.05) is 37.1 Å². The molecule has 64 heavy (non-hydrogen) atoms. The summed E-state index contributed by atoms with van der Waals surface area (Å²) in [7, 11) is 0. The Morgan fingerprint density at radius 2 is 1.00 bits per heavy atom. The summed E-state index contributed by atoms with van der Waals surface area (Å²) in [5.41, 5.74) is 1.12. The number of aliphatic hydroxyl groups is 2. The molecule has 0 unspecified atom stereocenters. The number of rotatable bonds is 10. The number of nitrogens with zero attached hydrogens (tertiary/aromatic N) is 4. The molecule has 2 aliphatic carbocycles. The van der Waals surface area contributed by atoms with Crippen LogP contribution in [-0.4, -0.2) is 104 Å². The summed E-state index contributed by atoms with van der Waals surface area (Å²) >= 11 is 0. The largest absolute Gasteiger partial charge is 0.405 e. The van der Waals surface area contributed by atoms with E-state index in [0.717, 1.165) is 38.5 Å². The molecule has 14 nitrogen and oxygen atoms in total. The Morgan fingerprint density at radius 3 is 1.28 bits per heavy atom. The van der Waals surface area contributed by atoms with Gasteiger partial charge in [0.1, 0.15) is 13.1 Å². The van der Waals surface area contributed by atoms with Gasteiger partial charge in [0.15, 0.2) is 0 Å². The highest BCUT2D eigenvalue weighted by Gasteiger charge is 2.60. The van der Waals surface area contributed by atoms with Crippen LogP contribution in [-0.2, 0) is 32.3 Å². The van der Waals surface area contributed by atoms with Crippen molar-refractivity contribution in [2.45, 2.75) is 102 Å². The number of allylic oxidation sites excluding steroid dienone is 2. The minimum atomic E-state index is -4.59. The molecule has 20 heteroatoms. The first-order valence-corrected chi connectivity index (χ1v) is 21.6. The maximum absolute atomic E-state index is 13.3. The number of nitrogens with one attached hydrogen (secondary N) is 2. The Morgan fingerprint density at radius 1 is 0.641 bits per heavy atom. The third-order valence-corrected chi connectivity index (χ3v) is 13.8. The molecule has 0 aromatic carbocycles. The number of fused-ring (bicyclic) bond motifs is 8. The second kappa shape index (κ2) is 18.3. The molecule has 348 valence electrons. The van der Waals surface area contributed by atoms with Crippen LogP contribution < -0.4 is 21.8 Å². The second-order valence-corrected chi connectivity index (χ2v) is 17.4. The molecule has 2 saturated heterocycles. The minimum absolute atomic E-state index is 0.0861. The van der Waals surface area contributed by atoms with E-state index < -0.39 is 98.3 Å². The van der Waals surface area contributed by atoms with E-state index in [1.54, 1.807) is 72.2 Å². The normalized spacial score (nSPS) is 27.3. The van der Waals surface area contributed by atoms with E-state index in [4.69, 9.17) is 0 Å². The van der Waals surface area contributed by atoms with Crippen molar-refractivity contribution in [3.8, 4) is 0 Å². The SMILES string of the molecule is C/C=C/c1ccc2n(c1=O)C[C@H]1[C@H](CO)[C@@H](C(=O)NCC(F)(F)F)[C@@H]2N1C(=O)C1CCC1.C/C=C\c1ccc2n(c1=O)C[C@H]1[C@H](CO)[C@@H](C(=O)NCC(F)(F)F)[C@@H]2N1C(=O)C1CCC1. The average molecular weight is 907 g/mol. The van der Waals surface area contributed by atoms with Crippen LogP contribution >= 0.6 is 0 Å². The minimum Gasteiger partial charge on any atom is -0.396 e. The van der Waals surface area contributed by atoms with E-state index >= 15 is 0 Å². The number of carbonyl (C=O) groups is 4. The number of alkyl halides is 6. The van der Waals surface area contributed by atoms with E-state index in [9.17, 15) is 65.3 Å². The number of amides is 4. The van der Waals surface area contributed by atoms with Gasteiger partial charge in [-0.2, -0.15) is 26.3 Å². The summed E-state index contributed by atoms with van der Waals surface area (Å²) in [5, 5.41) is 24.1. The molecular weight excluding hydrogens is 855 g/mol. The fraction of sp³-hybridized carbons (Fsp3) is 0.591. The number of pyridine rings is 2. The Bertz CT molecular complexity index is 2160. The molecule has 4 fully saturated rings. The van der Waals surface area contributed by atoms with E-state index in [1.165, 1.54) is 9.13 Å². The number of aliphatic hydroxyl groups excluding tert-OH is 2. The van der Waals surface area contributed by atoms with Crippen molar-refractivity contribution in [2.24, 2.45) is 35.5 Å². The molecule has 0 radical (unpaired) electrons. The van der Waals surface area contributed by atoms with Crippen molar-refractivity contribution in [1.82, 2.24) is 29.6 Å². The lowest BCUT2D eigenvalue weighted by atomic mass is 9.83. The zero-order valence-electron chi connectivity index (χ0n) is 35.3. The molecule has 8 rings (SSSR count). The molecule has 6 heterocycles. The van der Waals surface area contributed by atoms with Crippen LogP contribution in [0.25, 0.3) is 12.2 Å². The Balaban J connectivity index is 0.000000191. The van der Waals surface area contributed by atoms with E-state index in [-0.39, 0.29) is 47.9 Å². The first-order chi connectivity index (χ1) is 30.3. The first kappa shape index (κ1) is 46.7. The van der Waals surface area contributed by atoms with Crippen molar-refractivity contribution >= 4 is 35.8 Å². The van der Waals surface area contributed by atoms with Gasteiger partial charge in [0.05, 0.1) is 36.0 Å². The number of carbonyl (C=O) groups excluding carboxylic acids is 4. The molecule has 2 aromatic heterocycles. The van der Waals surface area contributed by atoms with Crippen LogP contribution in [0, 0.1) is 35.5 Å². The summed E-state index contributed by atoms with van der Waals surface area (Å²) in [5.74, 6) is -6.19. The quantitative estimate of drug-likeness (QED) is 0.261. The van der Waals surface area contributed by atoms with Gasteiger partial charge in [-0.15, -0.1) is 0 Å². The van der Waals surface area contributed by atoms with Gasteiger partial charge >= 0.3 is 12.4 Å². The molecule has 2 aromatic rings. The highest BCUT2D eigenvalue weighted by atomic mass is 19.4. The van der Waals surface area contributed by atoms with Gasteiger partial charge in [0, 0.05) is 72.5 Å². The van der Waals surface area contributed by atoms with Crippen LogP contribution in [0.4, 0.5) is 26.3 Å². The highest BCUT2D eigenvalue weighted by molar-refractivity contribution is 5.87. The number of hydrogen-bond acceptors (Lipinski definition) is 8. The summed E-state index contributed by atoms with van der Waals surface area (Å²) in [6.45, 7) is -0.243. The molecule has 2 saturated carbocycles. The Labute approximate surface area is 364 Å². The zero-order valence-corrected chi connectivity index (χ0v) is 35.3. The molecule has 0 spiro atoms. The topological polar surface area (TPSA) is 183 Å². The van der Waals surface area contributed by atoms with E-state index in [2.05, 4.69) is 0 Å². The molecule has 4 aliphatic heterocycles. The van der Waals surface area contributed by atoms with Crippen molar-refractivity contribution in [3.63, 3.8) is 0 Å². The maximum Gasteiger partial charge on any atom is 0.405 e. The number of hydrogen-bond donors (Lipinski definition) is 4. The standard InChI is InChI=1S/2C22H26F3N3O4/c2*1-2-4-12-7-8-15-18-17(19(30)26-11-22(23,24)25)14(10-29)16(9-27(15)20(12)31)28(18)21(32)13-5-3-6-13/h2*2,4,7-8,13-14,16-18,29H,3,5-6,9-11H2,1H3,(H,26,30)/b4-2+;4-2-/t2*14-,16-,17+,18+/m00/s1. The smallest absolute Gasteiger partial charge is 0.396 e. The highest BCUT2D eigenvalue weighted by Crippen LogP contribution is 2.51. The van der Waals surface area contributed by atoms with Gasteiger partial charge in [-0.3, -0.25) is 28.8 Å². The fourth-order valence-electron chi connectivity index (χ4n) is 10.4. The van der Waals surface area contributed by atoms with Crippen LogP contribution in [0.1, 0.15) is 87.0 Å². The Hall–Kier alpha value is -5.24. The van der Waals surface area contributed by atoms with Crippen molar-refractivity contribution in [3.05, 3.63) is 79.6 Å². The molecule has 4 N–H and O–H groups in total. The van der Waals surface area contributed by atoms with Gasteiger partial charge < -0.3 is 39.8 Å². The lowest BCUT2D eigenvalue weighted by molar-refractivity contribution is -0.146. The van der Waals surface area contributed by atoms with Gasteiger partial charge in [0.2, 0.25) is 23.6 Å². The number of aromatic nitrogens is 2. The zero-order chi connectivity index (χ0) is 46.4. The van der Waals surface area contributed by atoms with Crippen LogP contribution in [0.3, 0.4) is 0 Å². The third-order valence-electron chi connectivity index (χ3n) is 13.8. The third kappa shape index (κ3) is 8.66. The summed E-state index contributed by atoms with van der Waals surface area (Å²) in [6, 6.07) is 3.40. The molecule has 4 amide bonds. The molecule has 8 atom stereocenters. The fourth-order valence-corrected chi connectivity index (χ4v) is 10.4. The summed E-state index contributed by atoms with van der Waals surface area (Å²) in [6.07, 6.45) is 2.28. The Kier molecular flexibility index (Phi) is 13.4. The summed E-state index contributed by atoms with van der Waals surface area (Å²) < 4.78 is 79.4. The summed E-state index contributed by atoms with van der Waals surface area (Å²) in [4.78, 5) is 81.6. The lowest BCUT2D eigenvalue weighted by Crippen LogP contribution is -2.52. The van der Waals surface area contributed by atoms with Crippen molar-refractivity contribution < 1.29 is 55.7 Å². The van der Waals surface area contributed by atoms with Gasteiger partial charge in [0.25, 0.3) is 11.1 Å². The van der Waals surface area contributed by atoms with Crippen LogP contribution in [0.15, 0.2) is 46.0 Å². The van der Waals surface area contributed by atoms with E-state index in [0.29, 0.717) is 22.5 Å². The number of halogens is 6. The molecule has 4 bridgehead atoms. The van der Waals surface area contributed by atoms with E-state index in [1.807, 2.05) is 10.6 Å². The van der Waals surface area contributed by atoms with Crippen molar-refractivity contribution in [1.29, 1.82) is 0 Å². The van der Waals surface area contributed by atoms with Crippen LogP contribution in [0.5, 0.6) is 0 Å². The first-order valence-electron chi connectivity index (χ1n) is 21.6. The molecular formula is C44H52F6N6O8. The lowest BCUT2D eigenvalue weighted by Gasteiger charge is -2.41. The molecule has 6 aliphatic rings.